The van der Waals surface area contributed by atoms with Crippen LogP contribution in [0.1, 0.15) is 33.6 Å². The van der Waals surface area contributed by atoms with Crippen LogP contribution in [0.5, 0.6) is 11.5 Å². The van der Waals surface area contributed by atoms with Gasteiger partial charge in [-0.2, -0.15) is 0 Å². The molecule has 134 valence electrons. The van der Waals surface area contributed by atoms with Gasteiger partial charge < -0.3 is 25.2 Å². The maximum atomic E-state index is 10.4. The molecule has 3 rings (SSSR count). The lowest BCUT2D eigenvalue weighted by Gasteiger charge is -2.40. The Balaban J connectivity index is 1.71. The first-order valence-corrected chi connectivity index (χ1v) is 8.91. The molecule has 24 heavy (non-hydrogen) atoms. The monoisotopic (exact) mass is 334 g/mol. The van der Waals surface area contributed by atoms with Crippen LogP contribution in [0.3, 0.4) is 0 Å². The first-order valence-electron chi connectivity index (χ1n) is 8.91. The number of aliphatic hydroxyl groups is 1. The van der Waals surface area contributed by atoms with E-state index < -0.39 is 0 Å². The predicted molar refractivity (Wildman–Crippen MR) is 95.8 cm³/mol. The number of aliphatic hydroxyl groups excluding tert-OH is 1. The number of rotatable bonds is 3. The molecule has 3 unspecified atom stereocenters. The van der Waals surface area contributed by atoms with Crippen molar-refractivity contribution < 1.29 is 14.6 Å². The highest BCUT2D eigenvalue weighted by Gasteiger charge is 2.31. The average Bonchev–Trinajstić information content (AvgIpc) is 2.53. The van der Waals surface area contributed by atoms with E-state index in [0.29, 0.717) is 19.1 Å². The number of nitrogens with two attached hydrogens (primary N) is 1. The summed E-state index contributed by atoms with van der Waals surface area (Å²) in [5.74, 6) is 2.02. The largest absolute Gasteiger partial charge is 0.486 e. The maximum Gasteiger partial charge on any atom is 0.163 e. The van der Waals surface area contributed by atoms with Crippen LogP contribution in [-0.2, 0) is 0 Å². The highest BCUT2D eigenvalue weighted by Crippen LogP contribution is 2.36. The average molecular weight is 334 g/mol. The van der Waals surface area contributed by atoms with Crippen LogP contribution in [0.25, 0.3) is 0 Å². The van der Waals surface area contributed by atoms with Crippen LogP contribution in [0.2, 0.25) is 0 Å². The maximum absolute atomic E-state index is 10.4. The van der Waals surface area contributed by atoms with Gasteiger partial charge in [-0.3, -0.25) is 0 Å². The molecule has 0 saturated carbocycles. The van der Waals surface area contributed by atoms with Crippen molar-refractivity contribution in [2.75, 3.05) is 31.2 Å². The fourth-order valence-electron chi connectivity index (χ4n) is 3.53. The number of benzene rings is 1. The molecule has 1 aromatic rings. The van der Waals surface area contributed by atoms with E-state index in [0.717, 1.165) is 43.1 Å². The molecule has 0 amide bonds. The lowest BCUT2D eigenvalue weighted by atomic mass is 9.80. The van der Waals surface area contributed by atoms with Gasteiger partial charge in [0.05, 0.1) is 6.10 Å². The van der Waals surface area contributed by atoms with E-state index in [9.17, 15) is 5.11 Å². The number of piperidine rings is 1. The number of ether oxygens (including phenoxy) is 2. The van der Waals surface area contributed by atoms with Crippen molar-refractivity contribution in [3.63, 3.8) is 0 Å². The molecule has 5 heteroatoms. The molecule has 1 saturated heterocycles. The minimum Gasteiger partial charge on any atom is -0.486 e. The Morgan fingerprint density at radius 2 is 1.92 bits per heavy atom. The molecule has 2 aliphatic heterocycles. The van der Waals surface area contributed by atoms with Crippen molar-refractivity contribution in [2.24, 2.45) is 17.1 Å². The lowest BCUT2D eigenvalue weighted by molar-refractivity contribution is 0.0381. The summed E-state index contributed by atoms with van der Waals surface area (Å²) in [4.78, 5) is 2.31. The third-order valence-corrected chi connectivity index (χ3v) is 5.02. The number of hydrogen-bond donors (Lipinski definition) is 2. The molecule has 5 nitrogen and oxygen atoms in total. The van der Waals surface area contributed by atoms with Crippen molar-refractivity contribution in [1.29, 1.82) is 0 Å². The van der Waals surface area contributed by atoms with Gasteiger partial charge in [0.15, 0.2) is 11.5 Å². The molecule has 2 aliphatic rings. The molecule has 2 heterocycles. The summed E-state index contributed by atoms with van der Waals surface area (Å²) in [5, 5.41) is 10.4. The second-order valence-electron chi connectivity index (χ2n) is 8.21. The van der Waals surface area contributed by atoms with Crippen molar-refractivity contribution in [2.45, 2.75) is 45.8 Å². The standard InChI is InChI=1S/C19H30N2O3/c1-19(2,3)18(22)9-13-8-14(20)12-21(11-13)15-4-5-16-17(10-15)24-7-6-23-16/h4-5,10,13-14,18,22H,6-9,11-12,20H2,1-3H3. The molecule has 0 bridgehead atoms. The van der Waals surface area contributed by atoms with Gasteiger partial charge in [-0.05, 0) is 36.3 Å². The summed E-state index contributed by atoms with van der Waals surface area (Å²) >= 11 is 0. The van der Waals surface area contributed by atoms with Gasteiger partial charge in [0, 0.05) is 30.9 Å². The van der Waals surface area contributed by atoms with Crippen LogP contribution in [0.4, 0.5) is 5.69 Å². The fourth-order valence-corrected chi connectivity index (χ4v) is 3.53. The summed E-state index contributed by atoms with van der Waals surface area (Å²) in [6.07, 6.45) is 1.45. The number of fused-ring (bicyclic) bond motifs is 1. The highest BCUT2D eigenvalue weighted by atomic mass is 16.6. The Hall–Kier alpha value is -1.46. The van der Waals surface area contributed by atoms with Crippen molar-refractivity contribution in [1.82, 2.24) is 0 Å². The summed E-state index contributed by atoms with van der Waals surface area (Å²) in [5.41, 5.74) is 7.32. The van der Waals surface area contributed by atoms with Crippen molar-refractivity contribution in [3.05, 3.63) is 18.2 Å². The second kappa shape index (κ2) is 6.81. The molecule has 0 spiro atoms. The van der Waals surface area contributed by atoms with E-state index in [1.165, 1.54) is 0 Å². The second-order valence-corrected chi connectivity index (χ2v) is 8.21. The van der Waals surface area contributed by atoms with Crippen LogP contribution < -0.4 is 20.1 Å². The Kier molecular flexibility index (Phi) is 4.92. The fraction of sp³-hybridized carbons (Fsp3) is 0.684. The quantitative estimate of drug-likeness (QED) is 0.888. The van der Waals surface area contributed by atoms with E-state index in [-0.39, 0.29) is 17.6 Å². The smallest absolute Gasteiger partial charge is 0.163 e. The summed E-state index contributed by atoms with van der Waals surface area (Å²) in [6, 6.07) is 6.22. The molecule has 0 aliphatic carbocycles. The minimum absolute atomic E-state index is 0.0939. The van der Waals surface area contributed by atoms with E-state index in [1.807, 2.05) is 12.1 Å². The topological polar surface area (TPSA) is 68.0 Å². The van der Waals surface area contributed by atoms with Crippen LogP contribution in [0, 0.1) is 11.3 Å². The van der Waals surface area contributed by atoms with Gasteiger partial charge in [-0.25, -0.2) is 0 Å². The zero-order valence-corrected chi connectivity index (χ0v) is 15.0. The lowest BCUT2D eigenvalue weighted by Crippen LogP contribution is -2.48. The molecule has 0 aromatic heterocycles. The van der Waals surface area contributed by atoms with Gasteiger partial charge in [0.25, 0.3) is 0 Å². The van der Waals surface area contributed by atoms with E-state index in [1.54, 1.807) is 0 Å². The molecule has 3 N–H and O–H groups in total. The van der Waals surface area contributed by atoms with Crippen LogP contribution in [-0.4, -0.2) is 43.6 Å². The third kappa shape index (κ3) is 3.95. The summed E-state index contributed by atoms with van der Waals surface area (Å²) in [7, 11) is 0. The molecular weight excluding hydrogens is 304 g/mol. The van der Waals surface area contributed by atoms with Crippen molar-refractivity contribution in [3.8, 4) is 11.5 Å². The van der Waals surface area contributed by atoms with Crippen LogP contribution in [0.15, 0.2) is 18.2 Å². The minimum atomic E-state index is -0.310. The first-order chi connectivity index (χ1) is 11.3. The van der Waals surface area contributed by atoms with Gasteiger partial charge in [0.1, 0.15) is 13.2 Å². The normalized spacial score (nSPS) is 25.5. The van der Waals surface area contributed by atoms with Gasteiger partial charge in [-0.15, -0.1) is 0 Å². The Morgan fingerprint density at radius 1 is 1.21 bits per heavy atom. The van der Waals surface area contributed by atoms with E-state index in [2.05, 4.69) is 31.7 Å². The molecule has 0 radical (unpaired) electrons. The number of hydrogen-bond acceptors (Lipinski definition) is 5. The SMILES string of the molecule is CC(C)(C)C(O)CC1CC(N)CN(c2ccc3c(c2)OCCO3)C1. The van der Waals surface area contributed by atoms with Gasteiger partial charge >= 0.3 is 0 Å². The Morgan fingerprint density at radius 3 is 2.62 bits per heavy atom. The third-order valence-electron chi connectivity index (χ3n) is 5.02. The highest BCUT2D eigenvalue weighted by molar-refractivity contribution is 5.57. The zero-order chi connectivity index (χ0) is 17.3. The van der Waals surface area contributed by atoms with E-state index in [4.69, 9.17) is 15.2 Å². The van der Waals surface area contributed by atoms with Gasteiger partial charge in [-0.1, -0.05) is 20.8 Å². The summed E-state index contributed by atoms with van der Waals surface area (Å²) in [6.45, 7) is 9.20. The first kappa shape index (κ1) is 17.4. The summed E-state index contributed by atoms with van der Waals surface area (Å²) < 4.78 is 11.3. The van der Waals surface area contributed by atoms with Crippen LogP contribution >= 0.6 is 0 Å². The zero-order valence-electron chi connectivity index (χ0n) is 15.0. The Bertz CT molecular complexity index is 570. The van der Waals surface area contributed by atoms with E-state index >= 15 is 0 Å². The Labute approximate surface area is 144 Å². The van der Waals surface area contributed by atoms with Gasteiger partial charge in [0.2, 0.25) is 0 Å². The number of anilines is 1. The molecular formula is C19H30N2O3. The predicted octanol–water partition coefficient (Wildman–Crippen LogP) is 2.41. The molecule has 1 aromatic carbocycles. The molecule has 3 atom stereocenters. The van der Waals surface area contributed by atoms with Crippen molar-refractivity contribution >= 4 is 5.69 Å². The number of nitrogens with zero attached hydrogens (tertiary/aromatic N) is 1. The molecule has 1 fully saturated rings.